The SMILES string of the molecule is O=C(Cc1ccc(F)cc1)N1CCc2ccc(OC(F)(F)F)cc21. The largest absolute Gasteiger partial charge is 0.573 e. The average Bonchev–Trinajstić information content (AvgIpc) is 2.91. The molecule has 0 radical (unpaired) electrons. The minimum Gasteiger partial charge on any atom is -0.406 e. The Hall–Kier alpha value is -2.57. The molecular formula is C17H13F4NO2. The summed E-state index contributed by atoms with van der Waals surface area (Å²) in [5, 5.41) is 0. The minimum atomic E-state index is -4.78. The van der Waals surface area contributed by atoms with Crippen molar-refractivity contribution < 1.29 is 27.1 Å². The van der Waals surface area contributed by atoms with Crippen molar-refractivity contribution in [2.75, 3.05) is 11.4 Å². The maximum absolute atomic E-state index is 12.9. The predicted octanol–water partition coefficient (Wildman–Crippen LogP) is 3.86. The van der Waals surface area contributed by atoms with Crippen LogP contribution in [-0.2, 0) is 17.6 Å². The van der Waals surface area contributed by atoms with Gasteiger partial charge >= 0.3 is 6.36 Å². The first-order chi connectivity index (χ1) is 11.3. The van der Waals surface area contributed by atoms with Gasteiger partial charge in [0, 0.05) is 12.6 Å². The number of fused-ring (bicyclic) bond motifs is 1. The highest BCUT2D eigenvalue weighted by Gasteiger charge is 2.32. The van der Waals surface area contributed by atoms with E-state index in [4.69, 9.17) is 0 Å². The fourth-order valence-corrected chi connectivity index (χ4v) is 2.69. The molecule has 24 heavy (non-hydrogen) atoms. The molecule has 0 aromatic heterocycles. The van der Waals surface area contributed by atoms with Crippen LogP contribution in [0.4, 0.5) is 23.2 Å². The van der Waals surface area contributed by atoms with Crippen LogP contribution in [-0.4, -0.2) is 18.8 Å². The molecule has 3 rings (SSSR count). The predicted molar refractivity (Wildman–Crippen MR) is 79.3 cm³/mol. The Balaban J connectivity index is 1.78. The van der Waals surface area contributed by atoms with Crippen molar-refractivity contribution in [3.8, 4) is 5.75 Å². The highest BCUT2D eigenvalue weighted by Crippen LogP contribution is 2.34. The quantitative estimate of drug-likeness (QED) is 0.795. The third-order valence-electron chi connectivity index (χ3n) is 3.76. The number of nitrogens with zero attached hydrogens (tertiary/aromatic N) is 1. The van der Waals surface area contributed by atoms with Crippen LogP contribution in [0, 0.1) is 5.82 Å². The number of hydrogen-bond donors (Lipinski definition) is 0. The number of amides is 1. The first kappa shape index (κ1) is 16.3. The smallest absolute Gasteiger partial charge is 0.406 e. The minimum absolute atomic E-state index is 0.0457. The molecule has 7 heteroatoms. The Morgan fingerprint density at radius 3 is 2.50 bits per heavy atom. The number of benzene rings is 2. The lowest BCUT2D eigenvalue weighted by atomic mass is 10.1. The van der Waals surface area contributed by atoms with E-state index < -0.39 is 12.2 Å². The van der Waals surface area contributed by atoms with Gasteiger partial charge in [-0.1, -0.05) is 18.2 Å². The summed E-state index contributed by atoms with van der Waals surface area (Å²) in [7, 11) is 0. The molecule has 0 bridgehead atoms. The van der Waals surface area contributed by atoms with Crippen LogP contribution in [0.2, 0.25) is 0 Å². The second kappa shape index (κ2) is 6.14. The van der Waals surface area contributed by atoms with Gasteiger partial charge in [0.25, 0.3) is 0 Å². The Morgan fingerprint density at radius 2 is 1.83 bits per heavy atom. The van der Waals surface area contributed by atoms with Crippen LogP contribution >= 0.6 is 0 Å². The highest BCUT2D eigenvalue weighted by atomic mass is 19.4. The van der Waals surface area contributed by atoms with E-state index in [-0.39, 0.29) is 18.1 Å². The summed E-state index contributed by atoms with van der Waals surface area (Å²) >= 11 is 0. The molecule has 0 saturated carbocycles. The number of anilines is 1. The number of halogens is 4. The molecule has 2 aromatic rings. The fraction of sp³-hybridized carbons (Fsp3) is 0.235. The standard InChI is InChI=1S/C17H13F4NO2/c18-13-4-1-11(2-5-13)9-16(23)22-8-7-12-3-6-14(10-15(12)22)24-17(19,20)21/h1-6,10H,7-9H2. The molecule has 0 spiro atoms. The number of carbonyl (C=O) groups is 1. The lowest BCUT2D eigenvalue weighted by Gasteiger charge is -2.18. The Kier molecular flexibility index (Phi) is 4.17. The molecule has 0 unspecified atom stereocenters. The molecule has 1 aliphatic heterocycles. The Labute approximate surface area is 135 Å². The molecule has 0 saturated heterocycles. The Bertz CT molecular complexity index is 756. The van der Waals surface area contributed by atoms with Gasteiger partial charge in [-0.3, -0.25) is 4.79 Å². The van der Waals surface area contributed by atoms with Gasteiger partial charge in [-0.25, -0.2) is 4.39 Å². The van der Waals surface area contributed by atoms with Crippen molar-refractivity contribution in [3.05, 3.63) is 59.4 Å². The fourth-order valence-electron chi connectivity index (χ4n) is 2.69. The Morgan fingerprint density at radius 1 is 1.12 bits per heavy atom. The van der Waals surface area contributed by atoms with E-state index in [1.54, 1.807) is 0 Å². The summed E-state index contributed by atoms with van der Waals surface area (Å²) in [5.41, 5.74) is 1.85. The molecule has 1 amide bonds. The summed E-state index contributed by atoms with van der Waals surface area (Å²) in [6.07, 6.45) is -4.17. The first-order valence-corrected chi connectivity index (χ1v) is 7.25. The molecule has 2 aromatic carbocycles. The van der Waals surface area contributed by atoms with E-state index in [9.17, 15) is 22.4 Å². The van der Waals surface area contributed by atoms with Gasteiger partial charge in [0.15, 0.2) is 0 Å². The van der Waals surface area contributed by atoms with Crippen LogP contribution in [0.15, 0.2) is 42.5 Å². The molecule has 0 N–H and O–H groups in total. The van der Waals surface area contributed by atoms with Crippen LogP contribution in [0.25, 0.3) is 0 Å². The van der Waals surface area contributed by atoms with Crippen molar-refractivity contribution in [1.82, 2.24) is 0 Å². The normalized spacial score (nSPS) is 13.8. The van der Waals surface area contributed by atoms with Crippen molar-refractivity contribution in [1.29, 1.82) is 0 Å². The summed E-state index contributed by atoms with van der Waals surface area (Å²) < 4.78 is 53.8. The van der Waals surface area contributed by atoms with Gasteiger partial charge in [-0.2, -0.15) is 0 Å². The zero-order valence-electron chi connectivity index (χ0n) is 12.4. The monoisotopic (exact) mass is 339 g/mol. The molecule has 126 valence electrons. The van der Waals surface area contributed by atoms with E-state index in [1.165, 1.54) is 47.4 Å². The zero-order valence-corrected chi connectivity index (χ0v) is 12.4. The van der Waals surface area contributed by atoms with Gasteiger partial charge in [0.05, 0.1) is 12.1 Å². The lowest BCUT2D eigenvalue weighted by molar-refractivity contribution is -0.274. The lowest BCUT2D eigenvalue weighted by Crippen LogP contribution is -2.30. The van der Waals surface area contributed by atoms with Gasteiger partial charge in [0.1, 0.15) is 11.6 Å². The van der Waals surface area contributed by atoms with E-state index in [0.29, 0.717) is 24.2 Å². The number of ether oxygens (including phenoxy) is 1. The van der Waals surface area contributed by atoms with Crippen molar-refractivity contribution >= 4 is 11.6 Å². The number of hydrogen-bond acceptors (Lipinski definition) is 2. The van der Waals surface area contributed by atoms with Gasteiger partial charge in [-0.15, -0.1) is 13.2 Å². The average molecular weight is 339 g/mol. The molecule has 0 fully saturated rings. The number of alkyl halides is 3. The summed E-state index contributed by atoms with van der Waals surface area (Å²) in [6.45, 7) is 0.394. The van der Waals surface area contributed by atoms with Crippen LogP contribution in [0.1, 0.15) is 11.1 Å². The summed E-state index contributed by atoms with van der Waals surface area (Å²) in [4.78, 5) is 13.9. The number of carbonyl (C=O) groups excluding carboxylic acids is 1. The van der Waals surface area contributed by atoms with E-state index in [0.717, 1.165) is 5.56 Å². The highest BCUT2D eigenvalue weighted by molar-refractivity contribution is 5.97. The van der Waals surface area contributed by atoms with E-state index in [2.05, 4.69) is 4.74 Å². The molecule has 1 aliphatic rings. The molecule has 0 atom stereocenters. The second-order valence-electron chi connectivity index (χ2n) is 5.44. The number of rotatable bonds is 3. The van der Waals surface area contributed by atoms with Gasteiger partial charge in [0.2, 0.25) is 5.91 Å². The van der Waals surface area contributed by atoms with Crippen molar-refractivity contribution in [3.63, 3.8) is 0 Å². The third-order valence-corrected chi connectivity index (χ3v) is 3.76. The van der Waals surface area contributed by atoms with Crippen molar-refractivity contribution in [2.24, 2.45) is 0 Å². The maximum atomic E-state index is 12.9. The van der Waals surface area contributed by atoms with Crippen LogP contribution in [0.3, 0.4) is 0 Å². The summed E-state index contributed by atoms with van der Waals surface area (Å²) in [6, 6.07) is 9.52. The van der Waals surface area contributed by atoms with Crippen molar-refractivity contribution in [2.45, 2.75) is 19.2 Å². The summed E-state index contributed by atoms with van der Waals surface area (Å²) in [5.74, 6) is -1.01. The molecule has 0 aliphatic carbocycles. The van der Waals surface area contributed by atoms with Crippen LogP contribution < -0.4 is 9.64 Å². The van der Waals surface area contributed by atoms with E-state index >= 15 is 0 Å². The molecule has 1 heterocycles. The van der Waals surface area contributed by atoms with Gasteiger partial charge < -0.3 is 9.64 Å². The molecule has 3 nitrogen and oxygen atoms in total. The second-order valence-corrected chi connectivity index (χ2v) is 5.44. The van der Waals surface area contributed by atoms with E-state index in [1.807, 2.05) is 0 Å². The maximum Gasteiger partial charge on any atom is 0.573 e. The third kappa shape index (κ3) is 3.67. The van der Waals surface area contributed by atoms with Crippen LogP contribution in [0.5, 0.6) is 5.75 Å². The topological polar surface area (TPSA) is 29.5 Å². The first-order valence-electron chi connectivity index (χ1n) is 7.25. The van der Waals surface area contributed by atoms with Gasteiger partial charge in [-0.05, 0) is 35.7 Å². The zero-order chi connectivity index (χ0) is 17.3. The molecular weight excluding hydrogens is 326 g/mol.